The molecule has 8 nitrogen and oxygen atoms in total. The van der Waals surface area contributed by atoms with E-state index in [-0.39, 0.29) is 18.1 Å². The molecule has 0 fully saturated rings. The standard InChI is InChI=1S/C29H33NO7S/c1-19-13-23(35-11-4-5-12-38(3,33)34)14-20(2)29(19)25-7-6-8-27(30-25)37-17-21-9-10-24-22(16-28(31)32)18-36-26(24)15-21/h6-10,13-15,22H,4-5,11-12,16-18H2,1-3H3,(H,31,32). The highest BCUT2D eigenvalue weighted by atomic mass is 32.2. The van der Waals surface area contributed by atoms with Crippen molar-refractivity contribution < 1.29 is 32.5 Å². The number of sulfone groups is 1. The first-order valence-electron chi connectivity index (χ1n) is 12.6. The second kappa shape index (κ2) is 11.9. The summed E-state index contributed by atoms with van der Waals surface area (Å²) in [5, 5.41) is 9.09. The molecule has 202 valence electrons. The van der Waals surface area contributed by atoms with Gasteiger partial charge < -0.3 is 19.3 Å². The number of ether oxygens (including phenoxy) is 3. The van der Waals surface area contributed by atoms with Gasteiger partial charge >= 0.3 is 5.97 Å². The smallest absolute Gasteiger partial charge is 0.304 e. The van der Waals surface area contributed by atoms with Crippen LogP contribution in [0.15, 0.2) is 48.5 Å². The number of carboxylic acid groups (broad SMARTS) is 1. The van der Waals surface area contributed by atoms with Crippen molar-refractivity contribution in [2.75, 3.05) is 25.2 Å². The lowest BCUT2D eigenvalue weighted by Crippen LogP contribution is -2.07. The van der Waals surface area contributed by atoms with Gasteiger partial charge in [-0.05, 0) is 67.6 Å². The Morgan fingerprint density at radius 2 is 1.84 bits per heavy atom. The molecular weight excluding hydrogens is 506 g/mol. The molecule has 0 radical (unpaired) electrons. The Morgan fingerprint density at radius 1 is 1.08 bits per heavy atom. The molecule has 1 unspecified atom stereocenters. The monoisotopic (exact) mass is 539 g/mol. The Morgan fingerprint density at radius 3 is 2.55 bits per heavy atom. The van der Waals surface area contributed by atoms with Gasteiger partial charge in [0.25, 0.3) is 0 Å². The summed E-state index contributed by atoms with van der Waals surface area (Å²) in [6, 6.07) is 15.3. The van der Waals surface area contributed by atoms with Crippen molar-refractivity contribution in [3.8, 4) is 28.6 Å². The number of benzene rings is 2. The number of aryl methyl sites for hydroxylation is 2. The van der Waals surface area contributed by atoms with E-state index < -0.39 is 15.8 Å². The third kappa shape index (κ3) is 7.25. The van der Waals surface area contributed by atoms with Gasteiger partial charge in [-0.15, -0.1) is 0 Å². The van der Waals surface area contributed by atoms with Crippen molar-refractivity contribution >= 4 is 15.8 Å². The van der Waals surface area contributed by atoms with E-state index in [1.54, 1.807) is 0 Å². The molecule has 0 saturated heterocycles. The Hall–Kier alpha value is -3.59. The van der Waals surface area contributed by atoms with Crippen LogP contribution in [0.25, 0.3) is 11.3 Å². The van der Waals surface area contributed by atoms with E-state index in [1.807, 2.05) is 62.4 Å². The number of pyridine rings is 1. The van der Waals surface area contributed by atoms with Crippen molar-refractivity contribution in [2.24, 2.45) is 0 Å². The molecule has 9 heteroatoms. The molecule has 2 aromatic carbocycles. The molecule has 0 saturated carbocycles. The molecule has 4 rings (SSSR count). The van der Waals surface area contributed by atoms with Crippen LogP contribution in [0.1, 0.15) is 47.4 Å². The Labute approximate surface area is 223 Å². The lowest BCUT2D eigenvalue weighted by atomic mass is 9.97. The van der Waals surface area contributed by atoms with Crippen LogP contribution in [0.5, 0.6) is 17.4 Å². The van der Waals surface area contributed by atoms with Crippen LogP contribution in [0.4, 0.5) is 0 Å². The van der Waals surface area contributed by atoms with Crippen LogP contribution < -0.4 is 14.2 Å². The number of aliphatic carboxylic acids is 1. The van der Waals surface area contributed by atoms with Gasteiger partial charge in [0.1, 0.15) is 27.9 Å². The zero-order valence-corrected chi connectivity index (χ0v) is 22.7. The number of fused-ring (bicyclic) bond motifs is 1. The SMILES string of the molecule is Cc1cc(OCCCCS(C)(=O)=O)cc(C)c1-c1cccc(OCc2ccc3c(c2)OCC3CC(=O)O)n1. The molecule has 1 aromatic heterocycles. The Bertz CT molecular complexity index is 1400. The molecule has 1 atom stereocenters. The maximum Gasteiger partial charge on any atom is 0.304 e. The number of unbranched alkanes of at least 4 members (excludes halogenated alkanes) is 1. The average Bonchev–Trinajstić information content (AvgIpc) is 3.23. The summed E-state index contributed by atoms with van der Waals surface area (Å²) in [6.45, 7) is 5.16. The van der Waals surface area contributed by atoms with Crippen LogP contribution in [-0.4, -0.2) is 49.7 Å². The maximum absolute atomic E-state index is 11.3. The predicted molar refractivity (Wildman–Crippen MR) is 145 cm³/mol. The maximum atomic E-state index is 11.3. The van der Waals surface area contributed by atoms with Gasteiger partial charge in [0.05, 0.1) is 31.1 Å². The van der Waals surface area contributed by atoms with Crippen molar-refractivity contribution in [2.45, 2.75) is 45.6 Å². The molecule has 0 amide bonds. The number of carboxylic acids is 1. The lowest BCUT2D eigenvalue weighted by Gasteiger charge is -2.14. The summed E-state index contributed by atoms with van der Waals surface area (Å²) in [7, 11) is -2.95. The lowest BCUT2D eigenvalue weighted by molar-refractivity contribution is -0.137. The zero-order chi connectivity index (χ0) is 27.3. The molecule has 0 bridgehead atoms. The first-order chi connectivity index (χ1) is 18.1. The topological polar surface area (TPSA) is 112 Å². The van der Waals surface area contributed by atoms with Gasteiger partial charge in [-0.25, -0.2) is 13.4 Å². The molecule has 38 heavy (non-hydrogen) atoms. The number of carbonyl (C=O) groups is 1. The Kier molecular flexibility index (Phi) is 8.56. The highest BCUT2D eigenvalue weighted by molar-refractivity contribution is 7.90. The first kappa shape index (κ1) is 27.4. The highest BCUT2D eigenvalue weighted by Crippen LogP contribution is 2.37. The summed E-state index contributed by atoms with van der Waals surface area (Å²) >= 11 is 0. The van der Waals surface area contributed by atoms with Gasteiger partial charge in [-0.1, -0.05) is 18.2 Å². The van der Waals surface area contributed by atoms with Crippen LogP contribution in [0, 0.1) is 13.8 Å². The van der Waals surface area contributed by atoms with E-state index in [0.717, 1.165) is 39.3 Å². The molecule has 1 N–H and O–H groups in total. The quantitative estimate of drug-likeness (QED) is 0.317. The van der Waals surface area contributed by atoms with E-state index in [4.69, 9.17) is 24.3 Å². The minimum absolute atomic E-state index is 0.0525. The third-order valence-corrected chi connectivity index (χ3v) is 7.46. The van der Waals surface area contributed by atoms with E-state index >= 15 is 0 Å². The number of hydrogen-bond donors (Lipinski definition) is 1. The van der Waals surface area contributed by atoms with Gasteiger partial charge in [0.15, 0.2) is 0 Å². The minimum atomic E-state index is -2.95. The summed E-state index contributed by atoms with van der Waals surface area (Å²) in [5.41, 5.74) is 5.68. The summed E-state index contributed by atoms with van der Waals surface area (Å²) in [4.78, 5) is 15.8. The molecule has 1 aliphatic rings. The minimum Gasteiger partial charge on any atom is -0.494 e. The van der Waals surface area contributed by atoms with Gasteiger partial charge in [-0.3, -0.25) is 4.79 Å². The number of rotatable bonds is 12. The summed E-state index contributed by atoms with van der Waals surface area (Å²) < 4.78 is 40.1. The number of nitrogens with zero attached hydrogens (tertiary/aromatic N) is 1. The molecular formula is C29H33NO7S. The van der Waals surface area contributed by atoms with Gasteiger partial charge in [0.2, 0.25) is 5.88 Å². The normalized spacial score (nSPS) is 14.6. The van der Waals surface area contributed by atoms with Gasteiger partial charge in [0, 0.05) is 29.4 Å². The highest BCUT2D eigenvalue weighted by Gasteiger charge is 2.26. The average molecular weight is 540 g/mol. The molecule has 3 aromatic rings. The summed E-state index contributed by atoms with van der Waals surface area (Å²) in [5.74, 6) is 1.17. The third-order valence-electron chi connectivity index (χ3n) is 6.43. The Balaban J connectivity index is 1.39. The number of hydrogen-bond acceptors (Lipinski definition) is 7. The van der Waals surface area contributed by atoms with Crippen molar-refractivity contribution in [1.82, 2.24) is 4.98 Å². The van der Waals surface area contributed by atoms with Crippen LogP contribution in [-0.2, 0) is 21.2 Å². The molecule has 2 heterocycles. The fraction of sp³-hybridized carbons (Fsp3) is 0.379. The molecule has 1 aliphatic heterocycles. The first-order valence-corrected chi connectivity index (χ1v) is 14.6. The van der Waals surface area contributed by atoms with E-state index in [0.29, 0.717) is 44.3 Å². The predicted octanol–water partition coefficient (Wildman–Crippen LogP) is 5.10. The van der Waals surface area contributed by atoms with E-state index in [2.05, 4.69) is 0 Å². The van der Waals surface area contributed by atoms with E-state index in [9.17, 15) is 13.2 Å². The number of aromatic nitrogens is 1. The van der Waals surface area contributed by atoms with Crippen molar-refractivity contribution in [1.29, 1.82) is 0 Å². The van der Waals surface area contributed by atoms with Crippen molar-refractivity contribution in [3.63, 3.8) is 0 Å². The second-order valence-electron chi connectivity index (χ2n) is 9.75. The van der Waals surface area contributed by atoms with Gasteiger partial charge in [-0.2, -0.15) is 0 Å². The van der Waals surface area contributed by atoms with Crippen LogP contribution >= 0.6 is 0 Å². The van der Waals surface area contributed by atoms with Crippen LogP contribution in [0.3, 0.4) is 0 Å². The van der Waals surface area contributed by atoms with E-state index in [1.165, 1.54) is 6.26 Å². The fourth-order valence-electron chi connectivity index (χ4n) is 4.65. The van der Waals surface area contributed by atoms with Crippen LogP contribution in [0.2, 0.25) is 0 Å². The second-order valence-corrected chi connectivity index (χ2v) is 12.0. The largest absolute Gasteiger partial charge is 0.494 e. The van der Waals surface area contributed by atoms with Crippen molar-refractivity contribution in [3.05, 3.63) is 70.8 Å². The fourth-order valence-corrected chi connectivity index (χ4v) is 5.38. The molecule has 0 spiro atoms. The summed E-state index contributed by atoms with van der Waals surface area (Å²) in [6.07, 6.45) is 2.55. The zero-order valence-electron chi connectivity index (χ0n) is 21.9. The molecule has 0 aliphatic carbocycles.